The highest BCUT2D eigenvalue weighted by Gasteiger charge is 2.52. The van der Waals surface area contributed by atoms with E-state index in [0.29, 0.717) is 5.13 Å². The number of rotatable bonds is 12. The topological polar surface area (TPSA) is 166 Å². The van der Waals surface area contributed by atoms with Crippen LogP contribution in [0.15, 0.2) is 125 Å². The van der Waals surface area contributed by atoms with Crippen molar-refractivity contribution in [2.24, 2.45) is 5.16 Å². The van der Waals surface area contributed by atoms with Gasteiger partial charge in [-0.15, -0.1) is 28.2 Å². The molecule has 13 nitrogen and oxygen atoms in total. The van der Waals surface area contributed by atoms with E-state index >= 15 is 0 Å². The Morgan fingerprint density at radius 1 is 0.912 bits per heavy atom. The number of amides is 2. The van der Waals surface area contributed by atoms with E-state index in [1.807, 2.05) is 61.5 Å². The smallest absolute Gasteiger partial charge is 0.355 e. The Bertz CT molecular complexity index is 2250. The predicted octanol–water partition coefficient (Wildman–Crippen LogP) is 5.85. The van der Waals surface area contributed by atoms with Crippen LogP contribution in [0.1, 0.15) is 47.4 Å². The van der Waals surface area contributed by atoms with E-state index in [1.165, 1.54) is 51.4 Å². The highest BCUT2D eigenvalue weighted by atomic mass is 32.2. The van der Waals surface area contributed by atoms with Gasteiger partial charge in [0.25, 0.3) is 11.8 Å². The molecule has 3 atom stereocenters. The summed E-state index contributed by atoms with van der Waals surface area (Å²) in [6, 6.07) is 32.3. The predicted molar refractivity (Wildman–Crippen MR) is 216 cm³/mol. The maximum absolute atomic E-state index is 13.9. The van der Waals surface area contributed by atoms with E-state index in [1.54, 1.807) is 12.3 Å². The summed E-state index contributed by atoms with van der Waals surface area (Å²) in [6.45, 7) is 4.26. The van der Waals surface area contributed by atoms with Crippen molar-refractivity contribution in [3.63, 3.8) is 0 Å². The number of β-lactam (4-membered cyclic amide) rings is 1. The van der Waals surface area contributed by atoms with E-state index in [-0.39, 0.29) is 53.4 Å². The van der Waals surface area contributed by atoms with Crippen molar-refractivity contribution in [2.75, 3.05) is 11.9 Å². The summed E-state index contributed by atoms with van der Waals surface area (Å²) in [5, 5.41) is 33.3. The molecule has 0 radical (unpaired) electrons. The first-order chi connectivity index (χ1) is 27.7. The Hall–Kier alpha value is -6.16. The van der Waals surface area contributed by atoms with Gasteiger partial charge in [-0.3, -0.25) is 9.59 Å². The molecule has 1 saturated heterocycles. The van der Waals surface area contributed by atoms with Crippen LogP contribution in [0.25, 0.3) is 0 Å². The Kier molecular flexibility index (Phi) is 10.4. The van der Waals surface area contributed by atoms with Crippen LogP contribution in [0.2, 0.25) is 0 Å². The molecule has 8 rings (SSSR count). The third-order valence-electron chi connectivity index (χ3n) is 10.0. The number of nitrogens with zero attached hydrogens (tertiary/aromatic N) is 4. The quantitative estimate of drug-likeness (QED) is 0.0394. The van der Waals surface area contributed by atoms with Gasteiger partial charge in [-0.25, -0.2) is 9.78 Å². The zero-order valence-corrected chi connectivity index (χ0v) is 32.5. The van der Waals surface area contributed by atoms with Gasteiger partial charge in [0, 0.05) is 16.8 Å². The Morgan fingerprint density at radius 2 is 1.47 bits per heavy atom. The molecule has 0 bridgehead atoms. The molecule has 4 N–H and O–H groups in total. The molecule has 15 heteroatoms. The average Bonchev–Trinajstić information content (AvgIpc) is 3.86. The molecule has 5 aromatic rings. The van der Waals surface area contributed by atoms with E-state index in [4.69, 9.17) is 14.7 Å². The number of fused-ring (bicyclic) bond motifs is 2. The highest BCUT2D eigenvalue weighted by molar-refractivity contribution is 8.00. The van der Waals surface area contributed by atoms with E-state index < -0.39 is 34.7 Å². The number of phenols is 2. The normalized spacial score (nSPS) is 19.2. The van der Waals surface area contributed by atoms with Gasteiger partial charge in [0.1, 0.15) is 29.3 Å². The van der Waals surface area contributed by atoms with Crippen molar-refractivity contribution in [2.45, 2.75) is 49.1 Å². The summed E-state index contributed by atoms with van der Waals surface area (Å²) in [6.07, 6.45) is 1.48. The van der Waals surface area contributed by atoms with Gasteiger partial charge in [-0.1, -0.05) is 96.2 Å². The molecule has 3 aliphatic heterocycles. The van der Waals surface area contributed by atoms with Gasteiger partial charge < -0.3 is 35.4 Å². The first-order valence-corrected chi connectivity index (χ1v) is 20.1. The number of phenolic OH excluding ortho intramolecular Hbond substituents is 2. The Labute approximate surface area is 336 Å². The molecule has 3 aliphatic rings. The fraction of sp³-hybridized carbons (Fsp3) is 0.214. The van der Waals surface area contributed by atoms with Gasteiger partial charge in [0.15, 0.2) is 22.3 Å². The van der Waals surface area contributed by atoms with E-state index in [9.17, 15) is 24.6 Å². The highest BCUT2D eigenvalue weighted by Crippen LogP contribution is 2.43. The van der Waals surface area contributed by atoms with Crippen LogP contribution in [0.5, 0.6) is 11.5 Å². The molecule has 0 aliphatic carbocycles. The minimum atomic E-state index is -0.892. The lowest BCUT2D eigenvalue weighted by Crippen LogP contribution is -2.69. The van der Waals surface area contributed by atoms with Gasteiger partial charge in [0.2, 0.25) is 0 Å². The number of hydrogen-bond donors (Lipinski definition) is 4. The lowest BCUT2D eigenvalue weighted by Gasteiger charge is -2.48. The zero-order chi connectivity index (χ0) is 39.7. The van der Waals surface area contributed by atoms with Gasteiger partial charge in [0.05, 0.1) is 18.7 Å². The number of hydrogen-bond acceptors (Lipinski definition) is 13. The van der Waals surface area contributed by atoms with Crippen LogP contribution in [-0.2, 0) is 42.7 Å². The number of carbonyl (C=O) groups excluding carboxylic acids is 3. The summed E-state index contributed by atoms with van der Waals surface area (Å²) < 4.78 is 0. The molecule has 57 heavy (non-hydrogen) atoms. The molecular weight excluding hydrogens is 765 g/mol. The van der Waals surface area contributed by atoms with Crippen LogP contribution < -0.4 is 10.6 Å². The molecule has 1 fully saturated rings. The number of benzene rings is 4. The molecule has 4 heterocycles. The van der Waals surface area contributed by atoms with Gasteiger partial charge >= 0.3 is 5.97 Å². The third kappa shape index (κ3) is 7.20. The van der Waals surface area contributed by atoms with Crippen molar-refractivity contribution in [3.8, 4) is 11.5 Å². The minimum Gasteiger partial charge on any atom is -0.504 e. The summed E-state index contributed by atoms with van der Waals surface area (Å²) in [7, 11) is 0. The van der Waals surface area contributed by atoms with Crippen molar-refractivity contribution in [1.82, 2.24) is 20.3 Å². The monoisotopic (exact) mass is 802 g/mol. The van der Waals surface area contributed by atoms with E-state index in [0.717, 1.165) is 27.8 Å². The summed E-state index contributed by atoms with van der Waals surface area (Å²) >= 11 is 2.66. The molecule has 1 aromatic heterocycles. The number of oxime groups is 1. The number of aromatic hydroxyl groups is 2. The van der Waals surface area contributed by atoms with E-state index in [2.05, 4.69) is 52.2 Å². The maximum Gasteiger partial charge on any atom is 0.355 e. The van der Waals surface area contributed by atoms with Gasteiger partial charge in [-0.2, -0.15) is 0 Å². The number of anilines is 1. The summed E-state index contributed by atoms with van der Waals surface area (Å²) in [5.41, 5.74) is 4.04. The fourth-order valence-corrected chi connectivity index (χ4v) is 9.32. The lowest BCUT2D eigenvalue weighted by atomic mass is 9.77. The van der Waals surface area contributed by atoms with Gasteiger partial charge in [-0.05, 0) is 53.8 Å². The number of carbonyl (C=O) groups is 3. The van der Waals surface area contributed by atoms with Crippen LogP contribution in [-0.4, -0.2) is 71.9 Å². The minimum absolute atomic E-state index is 0.0842. The third-order valence-corrected chi connectivity index (χ3v) is 12.2. The molecule has 4 aromatic carbocycles. The second kappa shape index (κ2) is 15.8. The first kappa shape index (κ1) is 37.7. The second-order valence-corrected chi connectivity index (χ2v) is 15.9. The van der Waals surface area contributed by atoms with Crippen molar-refractivity contribution >= 4 is 51.7 Å². The molecule has 0 spiro atoms. The van der Waals surface area contributed by atoms with Crippen molar-refractivity contribution in [3.05, 3.63) is 154 Å². The average molecular weight is 803 g/mol. The SMILES string of the molecule is CCON=C(C(=O)NC1C(=O)N2C=C(C(=O)ON3Cc4cc(O)c(O)cc4C3)C(C)S[C@H]12)c1csc(NC(c2ccccc2)(c2ccccc2)c2ccccc2)n1. The van der Waals surface area contributed by atoms with Crippen molar-refractivity contribution < 1.29 is 34.3 Å². The van der Waals surface area contributed by atoms with Crippen LogP contribution in [0.3, 0.4) is 0 Å². The standard InChI is InChI=1S/C42H38N6O7S2/c1-3-54-46-35(32-24-56-41(43-32)45-42(28-13-7-4-8-14-28,29-15-9-5-10-16-29)30-17-11-6-12-18-30)37(51)44-36-38(52)48-23-31(25(2)57-39(36)48)40(53)55-47-21-26-19-33(49)34(50)20-27(26)22-47/h4-20,23-25,36,39,49-50H,3,21-22H2,1-2H3,(H,43,45)(H,44,51)/t25?,36?,39-/m1/s1. The number of nitrogens with one attached hydrogen (secondary N) is 2. The summed E-state index contributed by atoms with van der Waals surface area (Å²) in [5.74, 6) is -2.14. The number of hydroxylamine groups is 2. The number of thioether (sulfide) groups is 1. The van der Waals surface area contributed by atoms with Crippen molar-refractivity contribution in [1.29, 1.82) is 0 Å². The molecular formula is C42H38N6O7S2. The lowest BCUT2D eigenvalue weighted by molar-refractivity contribution is -0.188. The van der Waals surface area contributed by atoms with Crippen LogP contribution in [0.4, 0.5) is 5.13 Å². The summed E-state index contributed by atoms with van der Waals surface area (Å²) in [4.78, 5) is 57.9. The molecule has 2 unspecified atom stereocenters. The fourth-order valence-electron chi connectivity index (χ4n) is 7.21. The number of aromatic nitrogens is 1. The number of thiazole rings is 1. The molecule has 2 amide bonds. The maximum atomic E-state index is 13.9. The zero-order valence-electron chi connectivity index (χ0n) is 30.9. The molecule has 290 valence electrons. The van der Waals surface area contributed by atoms with Crippen LogP contribution in [0, 0.1) is 0 Å². The first-order valence-electron chi connectivity index (χ1n) is 18.3. The Balaban J connectivity index is 0.992. The van der Waals surface area contributed by atoms with Crippen LogP contribution >= 0.6 is 23.1 Å². The Morgan fingerprint density at radius 3 is 2.02 bits per heavy atom. The largest absolute Gasteiger partial charge is 0.504 e. The molecule has 0 saturated carbocycles. The second-order valence-electron chi connectivity index (χ2n) is 13.6.